The lowest BCUT2D eigenvalue weighted by Crippen LogP contribution is -2.40. The number of esters is 1. The zero-order valence-electron chi connectivity index (χ0n) is 11.8. The van der Waals surface area contributed by atoms with E-state index in [1.54, 1.807) is 6.07 Å². The number of ether oxygens (including phenoxy) is 1. The molecule has 0 spiro atoms. The van der Waals surface area contributed by atoms with Crippen molar-refractivity contribution in [2.24, 2.45) is 0 Å². The third-order valence-electron chi connectivity index (χ3n) is 3.38. The summed E-state index contributed by atoms with van der Waals surface area (Å²) < 4.78 is 8.44. The quantitative estimate of drug-likeness (QED) is 0.190. The van der Waals surface area contributed by atoms with E-state index in [4.69, 9.17) is 4.74 Å². The Labute approximate surface area is 174 Å². The van der Waals surface area contributed by atoms with Gasteiger partial charge in [0.15, 0.2) is 0 Å². The molecular formula is C17H11I3NO2+. The zero-order valence-corrected chi connectivity index (χ0v) is 18.2. The van der Waals surface area contributed by atoms with E-state index in [2.05, 4.69) is 73.5 Å². The van der Waals surface area contributed by atoms with E-state index >= 15 is 0 Å². The van der Waals surface area contributed by atoms with E-state index in [9.17, 15) is 4.79 Å². The first kappa shape index (κ1) is 17.4. The molecule has 0 saturated heterocycles. The van der Waals surface area contributed by atoms with Crippen LogP contribution in [0.1, 0.15) is 10.4 Å². The molecule has 116 valence electrons. The third-order valence-corrected chi connectivity index (χ3v) is 7.33. The number of halogens is 3. The molecule has 0 unspecified atom stereocenters. The molecule has 0 aliphatic carbocycles. The molecule has 3 aromatic rings. The molecule has 3 N–H and O–H groups in total. The summed E-state index contributed by atoms with van der Waals surface area (Å²) >= 11 is 6.56. The molecule has 0 atom stereocenters. The first-order valence-corrected chi connectivity index (χ1v) is 9.91. The minimum atomic E-state index is -0.341. The third kappa shape index (κ3) is 3.64. The highest BCUT2D eigenvalue weighted by molar-refractivity contribution is 14.1. The SMILES string of the molecule is [NH3+]c1cc(OC(=O)c2c(I)ccc(I)c2I)cc2ccccc12. The van der Waals surface area contributed by atoms with Gasteiger partial charge < -0.3 is 10.5 Å². The molecular weight excluding hydrogens is 631 g/mol. The van der Waals surface area contributed by atoms with Crippen molar-refractivity contribution in [2.45, 2.75) is 0 Å². The van der Waals surface area contributed by atoms with Gasteiger partial charge in [0.1, 0.15) is 11.4 Å². The van der Waals surface area contributed by atoms with Gasteiger partial charge in [-0.05, 0) is 97.4 Å². The molecule has 6 heteroatoms. The predicted molar refractivity (Wildman–Crippen MR) is 116 cm³/mol. The van der Waals surface area contributed by atoms with Gasteiger partial charge in [-0.2, -0.15) is 0 Å². The largest absolute Gasteiger partial charge is 0.423 e. The Morgan fingerprint density at radius 2 is 1.65 bits per heavy atom. The van der Waals surface area contributed by atoms with Crippen LogP contribution in [0.3, 0.4) is 0 Å². The zero-order chi connectivity index (χ0) is 16.6. The van der Waals surface area contributed by atoms with Gasteiger partial charge in [-0.25, -0.2) is 4.79 Å². The van der Waals surface area contributed by atoms with Crippen molar-refractivity contribution in [3.8, 4) is 5.75 Å². The van der Waals surface area contributed by atoms with Crippen LogP contribution in [0, 0.1) is 10.7 Å². The van der Waals surface area contributed by atoms with Gasteiger partial charge in [-0.15, -0.1) is 0 Å². The topological polar surface area (TPSA) is 53.9 Å². The first-order valence-electron chi connectivity index (χ1n) is 6.68. The van der Waals surface area contributed by atoms with E-state index in [1.807, 2.05) is 42.5 Å². The van der Waals surface area contributed by atoms with Gasteiger partial charge in [-0.3, -0.25) is 0 Å². The van der Waals surface area contributed by atoms with Crippen molar-refractivity contribution in [2.75, 3.05) is 0 Å². The van der Waals surface area contributed by atoms with Gasteiger partial charge in [0.05, 0.1) is 5.56 Å². The molecule has 0 heterocycles. The van der Waals surface area contributed by atoms with Crippen LogP contribution < -0.4 is 10.5 Å². The van der Waals surface area contributed by atoms with Crippen LogP contribution in [0.5, 0.6) is 5.75 Å². The molecule has 3 nitrogen and oxygen atoms in total. The van der Waals surface area contributed by atoms with Gasteiger partial charge in [0, 0.05) is 22.2 Å². The summed E-state index contributed by atoms with van der Waals surface area (Å²) in [6.07, 6.45) is 0. The molecule has 0 aliphatic heterocycles. The van der Waals surface area contributed by atoms with Crippen molar-refractivity contribution in [3.63, 3.8) is 0 Å². The molecule has 0 bridgehead atoms. The van der Waals surface area contributed by atoms with E-state index in [-0.39, 0.29) is 5.97 Å². The number of carbonyl (C=O) groups is 1. The minimum Gasteiger partial charge on any atom is -0.423 e. The van der Waals surface area contributed by atoms with Crippen molar-refractivity contribution in [1.29, 1.82) is 0 Å². The Hall–Kier alpha value is -0.460. The summed E-state index contributed by atoms with van der Waals surface area (Å²) in [5.41, 5.74) is 5.50. The normalized spacial score (nSPS) is 10.8. The Kier molecular flexibility index (Phi) is 5.43. The second-order valence-electron chi connectivity index (χ2n) is 4.91. The molecule has 23 heavy (non-hydrogen) atoms. The lowest BCUT2D eigenvalue weighted by Gasteiger charge is -2.10. The van der Waals surface area contributed by atoms with E-state index < -0.39 is 0 Å². The van der Waals surface area contributed by atoms with E-state index in [1.165, 1.54) is 0 Å². The standard InChI is InChI=1S/C17H10I3NO2/c18-12-5-6-13(19)16(20)15(12)17(22)23-10-7-9-3-1-2-4-11(9)14(21)8-10/h1-8H,21H2/p+1. The Bertz CT molecular complexity index is 925. The summed E-state index contributed by atoms with van der Waals surface area (Å²) in [5.74, 6) is 0.177. The Balaban J connectivity index is 2.00. The Morgan fingerprint density at radius 3 is 2.43 bits per heavy atom. The second kappa shape index (κ2) is 7.19. The fraction of sp³-hybridized carbons (Fsp3) is 0. The van der Waals surface area contributed by atoms with Gasteiger partial charge in [0.25, 0.3) is 0 Å². The average molecular weight is 642 g/mol. The van der Waals surface area contributed by atoms with Crippen molar-refractivity contribution < 1.29 is 15.3 Å². The molecule has 3 rings (SSSR count). The maximum atomic E-state index is 12.6. The number of quaternary nitrogens is 1. The van der Waals surface area contributed by atoms with Crippen LogP contribution in [0.15, 0.2) is 48.5 Å². The van der Waals surface area contributed by atoms with Crippen LogP contribution in [-0.2, 0) is 0 Å². The molecule has 0 saturated carbocycles. The van der Waals surface area contributed by atoms with Crippen LogP contribution >= 0.6 is 67.8 Å². The van der Waals surface area contributed by atoms with Crippen molar-refractivity contribution >= 4 is 90.2 Å². The predicted octanol–water partition coefficient (Wildman–Crippen LogP) is 4.75. The summed E-state index contributed by atoms with van der Waals surface area (Å²) in [6, 6.07) is 15.5. The summed E-state index contributed by atoms with van der Waals surface area (Å²) in [5, 5.41) is 2.07. The van der Waals surface area contributed by atoms with E-state index in [0.717, 1.165) is 27.2 Å². The highest BCUT2D eigenvalue weighted by Gasteiger charge is 2.19. The molecule has 0 radical (unpaired) electrons. The molecule has 3 aromatic carbocycles. The second-order valence-corrected chi connectivity index (χ2v) is 8.31. The van der Waals surface area contributed by atoms with Gasteiger partial charge >= 0.3 is 5.97 Å². The fourth-order valence-corrected chi connectivity index (χ4v) is 4.62. The molecule has 0 aromatic heterocycles. The number of hydrogen-bond donors (Lipinski definition) is 1. The number of hydrogen-bond acceptors (Lipinski definition) is 2. The number of rotatable bonds is 2. The molecule has 0 aliphatic rings. The minimum absolute atomic E-state index is 0.341. The monoisotopic (exact) mass is 642 g/mol. The number of carbonyl (C=O) groups excluding carboxylic acids is 1. The number of fused-ring (bicyclic) bond motifs is 1. The summed E-state index contributed by atoms with van der Waals surface area (Å²) in [4.78, 5) is 12.6. The average Bonchev–Trinajstić information content (AvgIpc) is 2.51. The summed E-state index contributed by atoms with van der Waals surface area (Å²) in [7, 11) is 0. The van der Waals surface area contributed by atoms with Crippen LogP contribution in [0.25, 0.3) is 10.8 Å². The van der Waals surface area contributed by atoms with Gasteiger partial charge in [0.2, 0.25) is 0 Å². The highest BCUT2D eigenvalue weighted by atomic mass is 127. The molecule has 0 amide bonds. The van der Waals surface area contributed by atoms with Crippen LogP contribution in [0.2, 0.25) is 0 Å². The van der Waals surface area contributed by atoms with Crippen molar-refractivity contribution in [3.05, 3.63) is 64.8 Å². The molecule has 0 fully saturated rings. The maximum absolute atomic E-state index is 12.6. The smallest absolute Gasteiger partial charge is 0.345 e. The summed E-state index contributed by atoms with van der Waals surface area (Å²) in [6.45, 7) is 0. The highest BCUT2D eigenvalue weighted by Crippen LogP contribution is 2.29. The first-order chi connectivity index (χ1) is 11.0. The van der Waals surface area contributed by atoms with Crippen LogP contribution in [-0.4, -0.2) is 5.97 Å². The maximum Gasteiger partial charge on any atom is 0.345 e. The Morgan fingerprint density at radius 1 is 0.957 bits per heavy atom. The van der Waals surface area contributed by atoms with Crippen molar-refractivity contribution in [1.82, 2.24) is 0 Å². The number of benzene rings is 3. The lowest BCUT2D eigenvalue weighted by molar-refractivity contribution is -0.252. The fourth-order valence-electron chi connectivity index (χ4n) is 2.29. The lowest BCUT2D eigenvalue weighted by atomic mass is 10.1. The van der Waals surface area contributed by atoms with Crippen LogP contribution in [0.4, 0.5) is 5.69 Å². The van der Waals surface area contributed by atoms with Gasteiger partial charge in [-0.1, -0.05) is 18.2 Å². The van der Waals surface area contributed by atoms with E-state index in [0.29, 0.717) is 11.3 Å².